The van der Waals surface area contributed by atoms with E-state index in [-0.39, 0.29) is 11.9 Å². The molecule has 116 valence electrons. The van der Waals surface area contributed by atoms with Gasteiger partial charge in [0.1, 0.15) is 6.04 Å². The summed E-state index contributed by atoms with van der Waals surface area (Å²) in [7, 11) is 0. The molecule has 1 amide bonds. The number of carbonyl (C=O) groups excluding carboxylic acids is 1. The number of hydrogen-bond acceptors (Lipinski definition) is 3. The molecule has 5 heteroatoms. The second-order valence-electron chi connectivity index (χ2n) is 5.69. The van der Waals surface area contributed by atoms with Gasteiger partial charge in [-0.15, -0.1) is 0 Å². The molecule has 1 unspecified atom stereocenters. The van der Waals surface area contributed by atoms with Crippen molar-refractivity contribution in [3.05, 3.63) is 28.8 Å². The Kier molecular flexibility index (Phi) is 5.48. The van der Waals surface area contributed by atoms with Gasteiger partial charge in [-0.1, -0.05) is 44.5 Å². The Balaban J connectivity index is 2.34. The van der Waals surface area contributed by atoms with Gasteiger partial charge in [0.15, 0.2) is 0 Å². The van der Waals surface area contributed by atoms with Gasteiger partial charge < -0.3 is 15.5 Å². The SMILES string of the molecule is CCC1C(=O)NCCN1c1c(Cl)cccc1CNC(C)C. The summed E-state index contributed by atoms with van der Waals surface area (Å²) in [6.45, 7) is 8.48. The summed E-state index contributed by atoms with van der Waals surface area (Å²) in [5.41, 5.74) is 2.14. The summed E-state index contributed by atoms with van der Waals surface area (Å²) in [6.07, 6.45) is 0.772. The maximum atomic E-state index is 12.1. The number of carbonyl (C=O) groups is 1. The lowest BCUT2D eigenvalue weighted by atomic mass is 10.0. The van der Waals surface area contributed by atoms with Crippen molar-refractivity contribution in [3.8, 4) is 0 Å². The number of para-hydroxylation sites is 1. The molecule has 1 fully saturated rings. The zero-order valence-electron chi connectivity index (χ0n) is 12.9. The van der Waals surface area contributed by atoms with Crippen LogP contribution in [0.1, 0.15) is 32.8 Å². The normalized spacial score (nSPS) is 19.0. The van der Waals surface area contributed by atoms with Crippen molar-refractivity contribution < 1.29 is 4.79 Å². The largest absolute Gasteiger partial charge is 0.356 e. The number of nitrogens with zero attached hydrogens (tertiary/aromatic N) is 1. The van der Waals surface area contributed by atoms with Crippen LogP contribution in [0.4, 0.5) is 5.69 Å². The molecule has 2 N–H and O–H groups in total. The van der Waals surface area contributed by atoms with Crippen LogP contribution in [-0.4, -0.2) is 31.1 Å². The monoisotopic (exact) mass is 309 g/mol. The summed E-state index contributed by atoms with van der Waals surface area (Å²) in [6, 6.07) is 6.21. The summed E-state index contributed by atoms with van der Waals surface area (Å²) >= 11 is 6.45. The van der Waals surface area contributed by atoms with Gasteiger partial charge in [0.05, 0.1) is 10.7 Å². The van der Waals surface area contributed by atoms with E-state index in [1.54, 1.807) is 0 Å². The Bertz CT molecular complexity index is 504. The Labute approximate surface area is 131 Å². The van der Waals surface area contributed by atoms with Crippen LogP contribution < -0.4 is 15.5 Å². The minimum atomic E-state index is -0.142. The number of piperazine rings is 1. The molecule has 4 nitrogen and oxygen atoms in total. The van der Waals surface area contributed by atoms with Gasteiger partial charge in [0.25, 0.3) is 0 Å². The number of anilines is 1. The molecule has 0 radical (unpaired) electrons. The highest BCUT2D eigenvalue weighted by Crippen LogP contribution is 2.32. The van der Waals surface area contributed by atoms with E-state index in [2.05, 4.69) is 35.4 Å². The zero-order chi connectivity index (χ0) is 15.4. The fraction of sp³-hybridized carbons (Fsp3) is 0.562. The highest BCUT2D eigenvalue weighted by atomic mass is 35.5. The van der Waals surface area contributed by atoms with Crippen LogP contribution >= 0.6 is 11.6 Å². The Morgan fingerprint density at radius 2 is 2.24 bits per heavy atom. The maximum absolute atomic E-state index is 12.1. The predicted octanol–water partition coefficient (Wildman–Crippen LogP) is 2.55. The summed E-state index contributed by atoms with van der Waals surface area (Å²) in [4.78, 5) is 14.2. The number of amides is 1. The van der Waals surface area contributed by atoms with Crippen LogP contribution in [-0.2, 0) is 11.3 Å². The molecular formula is C16H24ClN3O. The number of nitrogens with one attached hydrogen (secondary N) is 2. The lowest BCUT2D eigenvalue weighted by Gasteiger charge is -2.38. The van der Waals surface area contributed by atoms with Crippen molar-refractivity contribution >= 4 is 23.2 Å². The van der Waals surface area contributed by atoms with Crippen LogP contribution in [0.3, 0.4) is 0 Å². The van der Waals surface area contributed by atoms with E-state index in [4.69, 9.17) is 11.6 Å². The van der Waals surface area contributed by atoms with Crippen LogP contribution in [0.5, 0.6) is 0 Å². The van der Waals surface area contributed by atoms with Gasteiger partial charge in [0.2, 0.25) is 5.91 Å². The van der Waals surface area contributed by atoms with Crippen LogP contribution in [0, 0.1) is 0 Å². The summed E-state index contributed by atoms with van der Waals surface area (Å²) < 4.78 is 0. The minimum absolute atomic E-state index is 0.0893. The smallest absolute Gasteiger partial charge is 0.242 e. The van der Waals surface area contributed by atoms with E-state index in [0.29, 0.717) is 17.6 Å². The standard InChI is InChI=1S/C16H24ClN3O/c1-4-14-16(21)18-8-9-20(14)15-12(10-19-11(2)3)6-5-7-13(15)17/h5-7,11,14,19H,4,8-10H2,1-3H3,(H,18,21). The lowest BCUT2D eigenvalue weighted by molar-refractivity contribution is -0.123. The number of halogens is 1. The fourth-order valence-corrected chi connectivity index (χ4v) is 3.03. The van der Waals surface area contributed by atoms with E-state index < -0.39 is 0 Å². The molecule has 0 saturated carbocycles. The molecule has 2 rings (SSSR count). The third-order valence-corrected chi connectivity index (χ3v) is 4.08. The first-order chi connectivity index (χ1) is 10.0. The topological polar surface area (TPSA) is 44.4 Å². The number of benzene rings is 1. The first kappa shape index (κ1) is 16.1. The molecule has 1 saturated heterocycles. The third-order valence-electron chi connectivity index (χ3n) is 3.78. The van der Waals surface area contributed by atoms with Crippen molar-refractivity contribution in [3.63, 3.8) is 0 Å². The average molecular weight is 310 g/mol. The van der Waals surface area contributed by atoms with Gasteiger partial charge in [-0.2, -0.15) is 0 Å². The van der Waals surface area contributed by atoms with E-state index in [1.807, 2.05) is 19.1 Å². The summed E-state index contributed by atoms with van der Waals surface area (Å²) in [5.74, 6) is 0.0893. The Hall–Kier alpha value is -1.26. The number of rotatable bonds is 5. The van der Waals surface area contributed by atoms with Crippen LogP contribution in [0.25, 0.3) is 0 Å². The second kappa shape index (κ2) is 7.14. The minimum Gasteiger partial charge on any atom is -0.356 e. The quantitative estimate of drug-likeness (QED) is 0.878. The molecule has 1 heterocycles. The summed E-state index contributed by atoms with van der Waals surface area (Å²) in [5, 5.41) is 7.07. The van der Waals surface area contributed by atoms with Crippen molar-refractivity contribution in [2.24, 2.45) is 0 Å². The average Bonchev–Trinajstić information content (AvgIpc) is 2.45. The zero-order valence-corrected chi connectivity index (χ0v) is 13.7. The number of hydrogen-bond donors (Lipinski definition) is 2. The Morgan fingerprint density at radius 1 is 1.48 bits per heavy atom. The van der Waals surface area contributed by atoms with Crippen molar-refractivity contribution in [1.29, 1.82) is 0 Å². The molecule has 0 aromatic heterocycles. The first-order valence-electron chi connectivity index (χ1n) is 7.59. The first-order valence-corrected chi connectivity index (χ1v) is 7.97. The van der Waals surface area contributed by atoms with E-state index in [0.717, 1.165) is 30.8 Å². The third kappa shape index (κ3) is 3.69. The highest BCUT2D eigenvalue weighted by Gasteiger charge is 2.30. The van der Waals surface area contributed by atoms with Gasteiger partial charge >= 0.3 is 0 Å². The van der Waals surface area contributed by atoms with Crippen molar-refractivity contribution in [2.75, 3.05) is 18.0 Å². The molecule has 1 aliphatic rings. The molecule has 21 heavy (non-hydrogen) atoms. The molecule has 1 aromatic rings. The van der Waals surface area contributed by atoms with Gasteiger partial charge in [0, 0.05) is 25.7 Å². The van der Waals surface area contributed by atoms with Gasteiger partial charge in [-0.05, 0) is 18.1 Å². The van der Waals surface area contributed by atoms with Crippen LogP contribution in [0.2, 0.25) is 5.02 Å². The van der Waals surface area contributed by atoms with E-state index >= 15 is 0 Å². The van der Waals surface area contributed by atoms with Crippen LogP contribution in [0.15, 0.2) is 18.2 Å². The van der Waals surface area contributed by atoms with Crippen molar-refractivity contribution in [1.82, 2.24) is 10.6 Å². The molecule has 0 aliphatic carbocycles. The fourth-order valence-electron chi connectivity index (χ4n) is 2.73. The van der Waals surface area contributed by atoms with Crippen molar-refractivity contribution in [2.45, 2.75) is 45.8 Å². The predicted molar refractivity (Wildman–Crippen MR) is 87.9 cm³/mol. The van der Waals surface area contributed by atoms with Gasteiger partial charge in [-0.25, -0.2) is 0 Å². The molecule has 1 atom stereocenters. The van der Waals surface area contributed by atoms with E-state index in [1.165, 1.54) is 0 Å². The highest BCUT2D eigenvalue weighted by molar-refractivity contribution is 6.33. The maximum Gasteiger partial charge on any atom is 0.242 e. The van der Waals surface area contributed by atoms with E-state index in [9.17, 15) is 4.79 Å². The molecular weight excluding hydrogens is 286 g/mol. The lowest BCUT2D eigenvalue weighted by Crippen LogP contribution is -2.55. The molecule has 0 bridgehead atoms. The second-order valence-corrected chi connectivity index (χ2v) is 6.10. The van der Waals surface area contributed by atoms with Gasteiger partial charge in [-0.3, -0.25) is 4.79 Å². The Morgan fingerprint density at radius 3 is 2.90 bits per heavy atom. The molecule has 1 aliphatic heterocycles. The molecule has 1 aromatic carbocycles. The molecule has 0 spiro atoms.